The van der Waals surface area contributed by atoms with Crippen LogP contribution >= 0.6 is 34.7 Å². The van der Waals surface area contributed by atoms with E-state index in [4.69, 9.17) is 16.3 Å². The fourth-order valence-electron chi connectivity index (χ4n) is 9.80. The number of nitrogens with zero attached hydrogens (tertiary/aromatic N) is 6. The average Bonchev–Trinajstić information content (AvgIpc) is 3.99. The molecule has 16 nitrogen and oxygen atoms in total. The summed E-state index contributed by atoms with van der Waals surface area (Å²) in [6, 6.07) is 7.91. The first-order valence-electron chi connectivity index (χ1n) is 24.7. The molecule has 0 bridgehead atoms. The van der Waals surface area contributed by atoms with Gasteiger partial charge in [0.15, 0.2) is 5.67 Å². The number of carbonyl (C=O) groups is 4. The number of methoxy groups -OCH3 is 1. The van der Waals surface area contributed by atoms with Gasteiger partial charge in [0, 0.05) is 68.7 Å². The van der Waals surface area contributed by atoms with E-state index in [2.05, 4.69) is 41.1 Å². The highest BCUT2D eigenvalue weighted by atomic mass is 35.5. The summed E-state index contributed by atoms with van der Waals surface area (Å²) < 4.78 is 35.3. The molecule has 2 aliphatic carbocycles. The van der Waals surface area contributed by atoms with Crippen LogP contribution in [0.4, 0.5) is 26.2 Å². The second kappa shape index (κ2) is 22.9. The van der Waals surface area contributed by atoms with Gasteiger partial charge in [-0.25, -0.2) is 18.7 Å². The average molecular weight is 1050 g/mol. The van der Waals surface area contributed by atoms with E-state index in [0.29, 0.717) is 70.0 Å². The number of aromatic nitrogens is 3. The summed E-state index contributed by atoms with van der Waals surface area (Å²) in [5.74, 6) is 0.412. The number of thioether (sulfide) groups is 1. The van der Waals surface area contributed by atoms with Gasteiger partial charge in [0.2, 0.25) is 17.8 Å². The zero-order chi connectivity index (χ0) is 51.3. The van der Waals surface area contributed by atoms with Gasteiger partial charge in [0.05, 0.1) is 41.2 Å². The molecule has 4 fully saturated rings. The summed E-state index contributed by atoms with van der Waals surface area (Å²) in [5.41, 5.74) is 2.56. The molecule has 2 saturated carbocycles. The van der Waals surface area contributed by atoms with Gasteiger partial charge < -0.3 is 40.9 Å². The molecule has 5 N–H and O–H groups in total. The Kier molecular flexibility index (Phi) is 16.9. The quantitative estimate of drug-likeness (QED) is 0.0671. The summed E-state index contributed by atoms with van der Waals surface area (Å²) in [6.07, 6.45) is 5.24. The minimum Gasteiger partial charge on any atom is -0.495 e. The molecule has 21 heteroatoms. The van der Waals surface area contributed by atoms with E-state index >= 15 is 8.78 Å². The Morgan fingerprint density at radius 3 is 2.42 bits per heavy atom. The van der Waals surface area contributed by atoms with Crippen LogP contribution in [-0.2, 0) is 20.9 Å². The number of thiazole rings is 1. The minimum absolute atomic E-state index is 0.0613. The van der Waals surface area contributed by atoms with Crippen LogP contribution < -0.4 is 26.0 Å². The van der Waals surface area contributed by atoms with Crippen molar-refractivity contribution in [2.45, 2.75) is 107 Å². The minimum atomic E-state index is -2.04. The third-order valence-electron chi connectivity index (χ3n) is 14.5. The van der Waals surface area contributed by atoms with Crippen molar-refractivity contribution in [3.63, 3.8) is 0 Å². The van der Waals surface area contributed by atoms with Crippen LogP contribution in [0.2, 0.25) is 5.02 Å². The van der Waals surface area contributed by atoms with Gasteiger partial charge in [0.1, 0.15) is 34.5 Å². The Labute approximate surface area is 432 Å². The zero-order valence-corrected chi connectivity index (χ0v) is 43.8. The van der Waals surface area contributed by atoms with Crippen molar-refractivity contribution in [2.24, 2.45) is 11.8 Å². The van der Waals surface area contributed by atoms with Crippen LogP contribution in [0.5, 0.6) is 5.75 Å². The number of aliphatic hydroxyl groups is 1. The Morgan fingerprint density at radius 2 is 1.75 bits per heavy atom. The number of aliphatic hydroxyl groups excluding tert-OH is 1. The lowest BCUT2D eigenvalue weighted by Crippen LogP contribution is -2.64. The van der Waals surface area contributed by atoms with Crippen molar-refractivity contribution in [1.29, 1.82) is 0 Å². The van der Waals surface area contributed by atoms with Gasteiger partial charge in [-0.3, -0.25) is 24.1 Å². The first-order valence-corrected chi connectivity index (χ1v) is 27.0. The number of aryl methyl sites for hydroxylation is 1. The summed E-state index contributed by atoms with van der Waals surface area (Å²) in [7, 11) is 3.26. The normalized spacial score (nSPS) is 21.6. The first-order chi connectivity index (χ1) is 34.4. The molecule has 4 amide bonds. The molecule has 2 aromatic heterocycles. The highest BCUT2D eigenvalue weighted by molar-refractivity contribution is 8.00. The number of piperidine rings is 1. The van der Waals surface area contributed by atoms with Gasteiger partial charge in [-0.2, -0.15) is 16.7 Å². The van der Waals surface area contributed by atoms with Crippen LogP contribution in [0.25, 0.3) is 10.4 Å². The first kappa shape index (κ1) is 53.2. The van der Waals surface area contributed by atoms with Crippen LogP contribution in [0.3, 0.4) is 0 Å². The molecule has 3 atom stereocenters. The Morgan fingerprint density at radius 1 is 1.01 bits per heavy atom. The summed E-state index contributed by atoms with van der Waals surface area (Å²) in [4.78, 5) is 74.9. The Hall–Kier alpha value is -5.15. The lowest BCUT2D eigenvalue weighted by atomic mass is 9.82. The van der Waals surface area contributed by atoms with Gasteiger partial charge in [-0.15, -0.1) is 11.3 Å². The number of alkyl halides is 1. The zero-order valence-electron chi connectivity index (χ0n) is 41.4. The number of hydrogen-bond acceptors (Lipinski definition) is 14. The molecule has 8 rings (SSSR count). The number of carbonyl (C=O) groups excluding carboxylic acids is 4. The Bertz CT molecular complexity index is 2610. The van der Waals surface area contributed by atoms with E-state index in [9.17, 15) is 24.3 Å². The molecule has 2 aliphatic heterocycles. The van der Waals surface area contributed by atoms with Gasteiger partial charge in [-0.05, 0) is 120 Å². The summed E-state index contributed by atoms with van der Waals surface area (Å²) >= 11 is 9.11. The number of amides is 4. The molecule has 388 valence electrons. The van der Waals surface area contributed by atoms with Crippen molar-refractivity contribution in [1.82, 2.24) is 40.3 Å². The molecule has 4 aliphatic rings. The largest absolute Gasteiger partial charge is 0.495 e. The standard InChI is InChI=1S/C51H65ClF2N10O6S2/c1-30-42(71-29-58-30)33-10-11-35(38(53)22-33)24-56-45(66)40-15-13-36(65)27-64(40)47(68)43(60-48(69)51(54)16-17-51)50(2,3)72-28-32-8-6-31(7-9-32)26-62-18-20-63(21-19-62)46(67)34-12-14-39(41(23-34)70-5)59-49-57-25-37(52)44(55-4)61-49/h10-12,14,22-23,25,29,31-32,36,40,43,65H,6-9,13,15-21,24,26-28H2,1-5H3,(H,56,66)(H,60,69)(H2,55,57,59,61)/t31?,32?,36-,40?,43-/m1/s1. The van der Waals surface area contributed by atoms with Gasteiger partial charge >= 0.3 is 0 Å². The number of benzene rings is 2. The smallest absolute Gasteiger partial charge is 0.258 e. The molecule has 2 saturated heterocycles. The number of anilines is 3. The number of halogens is 3. The molecule has 4 aromatic rings. The SMILES string of the molecule is CNc1nc(Nc2ccc(C(=O)N3CCN(CC4CCC(CSC(C)(C)[C@H](NC(=O)C5(F)CC5)C(=O)N5C[C@H](O)CCC5C(=O)NCc5ccc(-c6scnc6C)cc5F)CC4)CC3)cc2OC)ncc1Cl. The molecule has 72 heavy (non-hydrogen) atoms. The topological polar surface area (TPSA) is 194 Å². The second-order valence-electron chi connectivity index (χ2n) is 20.0. The van der Waals surface area contributed by atoms with E-state index < -0.39 is 52.1 Å². The van der Waals surface area contributed by atoms with Crippen LogP contribution in [-0.4, -0.2) is 146 Å². The molecule has 0 spiro atoms. The molecule has 4 heterocycles. The predicted molar refractivity (Wildman–Crippen MR) is 277 cm³/mol. The van der Waals surface area contributed by atoms with Crippen molar-refractivity contribution >= 4 is 75.8 Å². The lowest BCUT2D eigenvalue weighted by Gasteiger charge is -2.43. The summed E-state index contributed by atoms with van der Waals surface area (Å²) in [5, 5.41) is 22.8. The number of rotatable bonds is 18. The third-order valence-corrected chi connectivity index (χ3v) is 17.4. The number of ether oxygens (including phenoxy) is 1. The van der Waals surface area contributed by atoms with E-state index in [-0.39, 0.29) is 50.2 Å². The third kappa shape index (κ3) is 12.6. The van der Waals surface area contributed by atoms with E-state index in [0.717, 1.165) is 55.9 Å². The number of hydrogen-bond donors (Lipinski definition) is 5. The monoisotopic (exact) mass is 1050 g/mol. The van der Waals surface area contributed by atoms with Crippen molar-refractivity contribution in [3.05, 3.63) is 75.8 Å². The number of β-amino-alcohol motifs (C(OH)–C–C–N with tert-alkyl or cyclic N) is 1. The lowest BCUT2D eigenvalue weighted by molar-refractivity contribution is -0.149. The maximum absolute atomic E-state index is 15.3. The highest BCUT2D eigenvalue weighted by Crippen LogP contribution is 2.42. The maximum atomic E-state index is 15.3. The number of nitrogens with one attached hydrogen (secondary N) is 4. The molecule has 2 aromatic carbocycles. The van der Waals surface area contributed by atoms with Gasteiger partial charge in [0.25, 0.3) is 11.8 Å². The fourth-order valence-corrected chi connectivity index (χ4v) is 12.1. The van der Waals surface area contributed by atoms with Crippen LogP contribution in [0, 0.1) is 24.6 Å². The van der Waals surface area contributed by atoms with Crippen molar-refractivity contribution in [3.8, 4) is 16.2 Å². The molecular formula is C51H65ClF2N10O6S2. The summed E-state index contributed by atoms with van der Waals surface area (Å²) in [6.45, 7) is 9.04. The number of piperazine rings is 1. The second-order valence-corrected chi connectivity index (χ2v) is 22.9. The van der Waals surface area contributed by atoms with E-state index in [1.54, 1.807) is 61.8 Å². The van der Waals surface area contributed by atoms with Crippen LogP contribution in [0.15, 0.2) is 48.1 Å². The molecule has 1 unspecified atom stereocenters. The maximum Gasteiger partial charge on any atom is 0.258 e. The predicted octanol–water partition coefficient (Wildman–Crippen LogP) is 7.23. The van der Waals surface area contributed by atoms with E-state index in [1.807, 2.05) is 25.7 Å². The molecule has 0 radical (unpaired) electrons. The Balaban J connectivity index is 0.823. The number of likely N-dealkylation sites (tertiary alicyclic amines) is 1. The van der Waals surface area contributed by atoms with E-state index in [1.165, 1.54) is 28.5 Å². The highest BCUT2D eigenvalue weighted by Gasteiger charge is 2.54. The van der Waals surface area contributed by atoms with Gasteiger partial charge in [-0.1, -0.05) is 23.7 Å². The van der Waals surface area contributed by atoms with Crippen molar-refractivity contribution < 1.29 is 37.8 Å². The van der Waals surface area contributed by atoms with Crippen LogP contribution in [0.1, 0.15) is 86.8 Å². The molecular weight excluding hydrogens is 986 g/mol. The van der Waals surface area contributed by atoms with Crippen molar-refractivity contribution in [2.75, 3.05) is 69.8 Å². The fraction of sp³-hybridized carbons (Fsp3) is 0.549.